The van der Waals surface area contributed by atoms with Crippen LogP contribution in [0.1, 0.15) is 51.3 Å². The van der Waals surface area contributed by atoms with Gasteiger partial charge in [0.1, 0.15) is 0 Å². The van der Waals surface area contributed by atoms with E-state index in [0.717, 1.165) is 29.4 Å². The Labute approximate surface area is 153 Å². The molecule has 4 nitrogen and oxygen atoms in total. The summed E-state index contributed by atoms with van der Waals surface area (Å²) in [6, 6.07) is 8.21. The first-order valence-electron chi connectivity index (χ1n) is 8.88. The number of anilines is 2. The van der Waals surface area contributed by atoms with E-state index in [-0.39, 0.29) is 11.9 Å². The lowest BCUT2D eigenvalue weighted by Crippen LogP contribution is -2.21. The van der Waals surface area contributed by atoms with Crippen LogP contribution < -0.4 is 5.32 Å². The molecule has 3 rings (SSSR count). The number of carbonyl (C=O) groups excluding carboxylic acids is 1. The summed E-state index contributed by atoms with van der Waals surface area (Å²) in [7, 11) is 0. The van der Waals surface area contributed by atoms with Crippen LogP contribution in [0.3, 0.4) is 0 Å². The molecule has 2 atom stereocenters. The standard InChI is InChI=1S/C20H26N2O2S/c1-13(2)5-8-15-11-20(4,24-18(15)23)17-12-25-19(22-17)21-16-9-6-14(3)7-10-16/h6-7,9-10,12-13,15H,5,8,11H2,1-4H3,(H,21,22). The molecular weight excluding hydrogens is 332 g/mol. The SMILES string of the molecule is Cc1ccc(Nc2nc(C3(C)CC(CCC(C)C)C(=O)O3)cs2)cc1. The van der Waals surface area contributed by atoms with Crippen molar-refractivity contribution in [2.24, 2.45) is 11.8 Å². The van der Waals surface area contributed by atoms with E-state index in [1.54, 1.807) is 11.3 Å². The van der Waals surface area contributed by atoms with Gasteiger partial charge in [0.05, 0.1) is 11.6 Å². The Morgan fingerprint density at radius 1 is 1.36 bits per heavy atom. The van der Waals surface area contributed by atoms with Crippen molar-refractivity contribution in [3.05, 3.63) is 40.9 Å². The molecule has 2 aromatic rings. The summed E-state index contributed by atoms with van der Waals surface area (Å²) in [5.74, 6) is 0.510. The molecule has 1 saturated heterocycles. The molecule has 1 aliphatic rings. The second-order valence-electron chi connectivity index (χ2n) is 7.55. The van der Waals surface area contributed by atoms with Gasteiger partial charge in [-0.1, -0.05) is 38.0 Å². The monoisotopic (exact) mass is 358 g/mol. The van der Waals surface area contributed by atoms with Gasteiger partial charge in [-0.2, -0.15) is 0 Å². The smallest absolute Gasteiger partial charge is 0.310 e. The number of cyclic esters (lactones) is 1. The van der Waals surface area contributed by atoms with Gasteiger partial charge in [-0.15, -0.1) is 11.3 Å². The van der Waals surface area contributed by atoms with Crippen LogP contribution in [0.25, 0.3) is 0 Å². The maximum absolute atomic E-state index is 12.2. The van der Waals surface area contributed by atoms with E-state index in [9.17, 15) is 4.79 Å². The van der Waals surface area contributed by atoms with Gasteiger partial charge < -0.3 is 10.1 Å². The van der Waals surface area contributed by atoms with Crippen molar-refractivity contribution in [3.8, 4) is 0 Å². The molecule has 134 valence electrons. The highest BCUT2D eigenvalue weighted by atomic mass is 32.1. The fraction of sp³-hybridized carbons (Fsp3) is 0.500. The van der Waals surface area contributed by atoms with Gasteiger partial charge in [-0.25, -0.2) is 4.98 Å². The summed E-state index contributed by atoms with van der Waals surface area (Å²) >= 11 is 1.54. The van der Waals surface area contributed by atoms with E-state index in [0.29, 0.717) is 12.3 Å². The van der Waals surface area contributed by atoms with Crippen LogP contribution in [0, 0.1) is 18.8 Å². The molecule has 1 aromatic carbocycles. The molecule has 1 aromatic heterocycles. The normalized spacial score (nSPS) is 23.1. The van der Waals surface area contributed by atoms with Gasteiger partial charge in [0.2, 0.25) is 0 Å². The lowest BCUT2D eigenvalue weighted by molar-refractivity contribution is -0.150. The van der Waals surface area contributed by atoms with Crippen LogP contribution in [-0.2, 0) is 15.1 Å². The first kappa shape index (κ1) is 17.9. The fourth-order valence-electron chi connectivity index (χ4n) is 3.15. The molecule has 0 radical (unpaired) electrons. The Bertz CT molecular complexity index is 738. The molecule has 0 amide bonds. The maximum atomic E-state index is 12.2. The Hall–Kier alpha value is -1.88. The third-order valence-electron chi connectivity index (χ3n) is 4.74. The molecule has 0 spiro atoms. The van der Waals surface area contributed by atoms with E-state index in [1.165, 1.54) is 5.56 Å². The lowest BCUT2D eigenvalue weighted by atomic mass is 9.89. The van der Waals surface area contributed by atoms with Crippen molar-refractivity contribution in [3.63, 3.8) is 0 Å². The molecule has 1 N–H and O–H groups in total. The number of esters is 1. The fourth-order valence-corrected chi connectivity index (χ4v) is 4.00. The summed E-state index contributed by atoms with van der Waals surface area (Å²) in [4.78, 5) is 16.9. The number of hydrogen-bond acceptors (Lipinski definition) is 5. The summed E-state index contributed by atoms with van der Waals surface area (Å²) in [5.41, 5.74) is 2.47. The van der Waals surface area contributed by atoms with E-state index in [1.807, 2.05) is 24.4 Å². The summed E-state index contributed by atoms with van der Waals surface area (Å²) in [6.45, 7) is 8.41. The van der Waals surface area contributed by atoms with E-state index >= 15 is 0 Å². The van der Waals surface area contributed by atoms with Crippen molar-refractivity contribution in [2.75, 3.05) is 5.32 Å². The number of rotatable bonds is 6. The van der Waals surface area contributed by atoms with E-state index in [2.05, 4.69) is 43.2 Å². The molecule has 0 aliphatic carbocycles. The topological polar surface area (TPSA) is 51.2 Å². The first-order valence-corrected chi connectivity index (χ1v) is 9.76. The first-order chi connectivity index (χ1) is 11.9. The average molecular weight is 359 g/mol. The van der Waals surface area contributed by atoms with Crippen LogP contribution in [-0.4, -0.2) is 11.0 Å². The molecule has 0 saturated carbocycles. The van der Waals surface area contributed by atoms with Crippen LogP contribution >= 0.6 is 11.3 Å². The highest BCUT2D eigenvalue weighted by Crippen LogP contribution is 2.42. The largest absolute Gasteiger partial charge is 0.453 e. The maximum Gasteiger partial charge on any atom is 0.310 e. The van der Waals surface area contributed by atoms with Gasteiger partial charge in [0.25, 0.3) is 0 Å². The third kappa shape index (κ3) is 4.21. The Balaban J connectivity index is 1.68. The molecular formula is C20H26N2O2S. The van der Waals surface area contributed by atoms with E-state index < -0.39 is 5.60 Å². The molecule has 0 bridgehead atoms. The molecule has 1 fully saturated rings. The zero-order valence-electron chi connectivity index (χ0n) is 15.3. The summed E-state index contributed by atoms with van der Waals surface area (Å²) in [5, 5.41) is 6.14. The minimum absolute atomic E-state index is 0.0115. The zero-order valence-corrected chi connectivity index (χ0v) is 16.2. The molecule has 2 heterocycles. The van der Waals surface area contributed by atoms with E-state index in [4.69, 9.17) is 4.74 Å². The minimum Gasteiger partial charge on any atom is -0.453 e. The van der Waals surface area contributed by atoms with Gasteiger partial charge in [-0.3, -0.25) is 4.79 Å². The second kappa shape index (κ2) is 7.16. The van der Waals surface area contributed by atoms with Crippen LogP contribution in [0.15, 0.2) is 29.6 Å². The number of thiazole rings is 1. The molecule has 1 aliphatic heterocycles. The van der Waals surface area contributed by atoms with Gasteiger partial charge >= 0.3 is 5.97 Å². The Morgan fingerprint density at radius 3 is 2.76 bits per heavy atom. The number of carbonyl (C=O) groups is 1. The zero-order chi connectivity index (χ0) is 18.0. The second-order valence-corrected chi connectivity index (χ2v) is 8.41. The Morgan fingerprint density at radius 2 is 2.08 bits per heavy atom. The predicted octanol–water partition coefficient (Wildman–Crippen LogP) is 5.41. The molecule has 25 heavy (non-hydrogen) atoms. The van der Waals surface area contributed by atoms with Crippen LogP contribution in [0.5, 0.6) is 0 Å². The Kier molecular flexibility index (Phi) is 5.13. The van der Waals surface area contributed by atoms with Gasteiger partial charge in [0, 0.05) is 17.5 Å². The highest BCUT2D eigenvalue weighted by molar-refractivity contribution is 7.13. The number of aryl methyl sites for hydroxylation is 1. The van der Waals surface area contributed by atoms with Crippen molar-refractivity contribution in [1.29, 1.82) is 0 Å². The van der Waals surface area contributed by atoms with Crippen molar-refractivity contribution in [1.82, 2.24) is 4.98 Å². The number of aromatic nitrogens is 1. The summed E-state index contributed by atoms with van der Waals surface area (Å²) < 4.78 is 5.74. The average Bonchev–Trinajstić information content (AvgIpc) is 3.13. The summed E-state index contributed by atoms with van der Waals surface area (Å²) in [6.07, 6.45) is 2.66. The van der Waals surface area contributed by atoms with Gasteiger partial charge in [-0.05, 0) is 38.3 Å². The quantitative estimate of drug-likeness (QED) is 0.702. The molecule has 5 heteroatoms. The van der Waals surface area contributed by atoms with Gasteiger partial charge in [0.15, 0.2) is 10.7 Å². The number of nitrogens with one attached hydrogen (secondary N) is 1. The minimum atomic E-state index is -0.609. The van der Waals surface area contributed by atoms with Crippen LogP contribution in [0.2, 0.25) is 0 Å². The number of ether oxygens (including phenoxy) is 1. The third-order valence-corrected chi connectivity index (χ3v) is 5.49. The number of nitrogens with zero attached hydrogens (tertiary/aromatic N) is 1. The highest BCUT2D eigenvalue weighted by Gasteiger charge is 2.45. The predicted molar refractivity (Wildman–Crippen MR) is 102 cm³/mol. The molecule has 2 unspecified atom stereocenters. The number of hydrogen-bond donors (Lipinski definition) is 1. The number of benzene rings is 1. The van der Waals surface area contributed by atoms with Crippen LogP contribution in [0.4, 0.5) is 10.8 Å². The van der Waals surface area contributed by atoms with Crippen molar-refractivity contribution in [2.45, 2.75) is 52.6 Å². The van der Waals surface area contributed by atoms with Crippen molar-refractivity contribution >= 4 is 28.1 Å². The lowest BCUT2D eigenvalue weighted by Gasteiger charge is -2.20. The van der Waals surface area contributed by atoms with Crippen molar-refractivity contribution < 1.29 is 9.53 Å².